The lowest BCUT2D eigenvalue weighted by atomic mass is 10.2. The first-order valence-corrected chi connectivity index (χ1v) is 7.61. The number of amides is 1. The molecule has 3 N–H and O–H groups in total. The summed E-state index contributed by atoms with van der Waals surface area (Å²) in [6.45, 7) is 3.08. The van der Waals surface area contributed by atoms with E-state index in [9.17, 15) is 13.2 Å². The average molecular weight is 263 g/mol. The van der Waals surface area contributed by atoms with Crippen molar-refractivity contribution in [1.82, 2.24) is 9.62 Å². The second-order valence-corrected chi connectivity index (χ2v) is 6.18. The maximum atomic E-state index is 12.1. The molecule has 1 fully saturated rings. The zero-order valence-electron chi connectivity index (χ0n) is 10.2. The fraction of sp³-hybridized carbons (Fsp3) is 0.900. The molecule has 1 unspecified atom stereocenters. The summed E-state index contributed by atoms with van der Waals surface area (Å²) in [5.74, 6) is -0.116. The lowest BCUT2D eigenvalue weighted by Crippen LogP contribution is -2.57. The molecule has 6 nitrogen and oxygen atoms in total. The Morgan fingerprint density at radius 3 is 2.76 bits per heavy atom. The molecule has 1 atom stereocenters. The minimum absolute atomic E-state index is 0.0774. The third-order valence-corrected chi connectivity index (χ3v) is 4.84. The predicted octanol–water partition coefficient (Wildman–Crippen LogP) is -0.734. The van der Waals surface area contributed by atoms with Gasteiger partial charge in [0, 0.05) is 13.1 Å². The number of carbonyl (C=O) groups excluding carboxylic acids is 1. The molecule has 0 bridgehead atoms. The standard InChI is InChI=1S/C10H21N3O3S/c1-2-9-10(14)12-6-7-13(9)17(15,16)8-4-3-5-11/h9H,2-8,11H2,1H3,(H,12,14). The molecule has 1 saturated heterocycles. The minimum atomic E-state index is -3.33. The first-order chi connectivity index (χ1) is 8.03. The van der Waals surface area contributed by atoms with Gasteiger partial charge in [0.25, 0.3) is 0 Å². The SMILES string of the molecule is CCC1C(=O)NCCN1S(=O)(=O)CCCCN. The molecule has 1 aliphatic rings. The van der Waals surface area contributed by atoms with Gasteiger partial charge in [0.05, 0.1) is 5.75 Å². The molecule has 0 aromatic rings. The quantitative estimate of drug-likeness (QED) is 0.618. The number of nitrogens with one attached hydrogen (secondary N) is 1. The Morgan fingerprint density at radius 2 is 2.18 bits per heavy atom. The van der Waals surface area contributed by atoms with Gasteiger partial charge in [0.2, 0.25) is 15.9 Å². The van der Waals surface area contributed by atoms with Gasteiger partial charge in [0.15, 0.2) is 0 Å². The zero-order valence-corrected chi connectivity index (χ0v) is 11.0. The van der Waals surface area contributed by atoms with Crippen LogP contribution in [0, 0.1) is 0 Å². The Balaban J connectivity index is 2.70. The van der Waals surface area contributed by atoms with Crippen molar-refractivity contribution in [2.45, 2.75) is 32.2 Å². The van der Waals surface area contributed by atoms with Crippen LogP contribution in [0.25, 0.3) is 0 Å². The topological polar surface area (TPSA) is 92.5 Å². The molecule has 0 aromatic carbocycles. The molecule has 100 valence electrons. The van der Waals surface area contributed by atoms with Crippen LogP contribution >= 0.6 is 0 Å². The Hall–Kier alpha value is -0.660. The molecule has 0 spiro atoms. The molecule has 1 aliphatic heterocycles. The number of carbonyl (C=O) groups is 1. The van der Waals surface area contributed by atoms with Crippen LogP contribution in [0.1, 0.15) is 26.2 Å². The molecule has 0 saturated carbocycles. The lowest BCUT2D eigenvalue weighted by molar-refractivity contribution is -0.126. The van der Waals surface area contributed by atoms with Gasteiger partial charge in [-0.05, 0) is 25.8 Å². The minimum Gasteiger partial charge on any atom is -0.353 e. The third kappa shape index (κ3) is 3.65. The fourth-order valence-corrected chi connectivity index (χ4v) is 3.77. The van der Waals surface area contributed by atoms with E-state index in [4.69, 9.17) is 5.73 Å². The van der Waals surface area contributed by atoms with E-state index in [0.29, 0.717) is 38.9 Å². The first kappa shape index (κ1) is 14.4. The van der Waals surface area contributed by atoms with Crippen LogP contribution < -0.4 is 11.1 Å². The largest absolute Gasteiger partial charge is 0.353 e. The molecular weight excluding hydrogens is 242 g/mol. The van der Waals surface area contributed by atoms with Crippen molar-refractivity contribution in [1.29, 1.82) is 0 Å². The number of hydrogen-bond donors (Lipinski definition) is 2. The molecule has 17 heavy (non-hydrogen) atoms. The highest BCUT2D eigenvalue weighted by Crippen LogP contribution is 2.15. The van der Waals surface area contributed by atoms with Crippen LogP contribution in [-0.2, 0) is 14.8 Å². The monoisotopic (exact) mass is 263 g/mol. The van der Waals surface area contributed by atoms with E-state index < -0.39 is 16.1 Å². The van der Waals surface area contributed by atoms with Crippen LogP contribution in [-0.4, -0.2) is 50.1 Å². The van der Waals surface area contributed by atoms with Crippen molar-refractivity contribution in [3.05, 3.63) is 0 Å². The first-order valence-electron chi connectivity index (χ1n) is 6.00. The average Bonchev–Trinajstić information content (AvgIpc) is 2.29. The summed E-state index contributed by atoms with van der Waals surface area (Å²) in [5, 5.41) is 2.69. The Morgan fingerprint density at radius 1 is 1.47 bits per heavy atom. The van der Waals surface area contributed by atoms with Crippen LogP contribution in [0.4, 0.5) is 0 Å². The van der Waals surface area contributed by atoms with Gasteiger partial charge in [-0.3, -0.25) is 4.79 Å². The van der Waals surface area contributed by atoms with Crippen LogP contribution in [0.5, 0.6) is 0 Å². The summed E-state index contributed by atoms with van der Waals surface area (Å²) in [7, 11) is -3.33. The predicted molar refractivity (Wildman–Crippen MR) is 65.9 cm³/mol. The van der Waals surface area contributed by atoms with E-state index in [1.165, 1.54) is 4.31 Å². The molecule has 0 aromatic heterocycles. The molecule has 0 aliphatic carbocycles. The molecule has 1 heterocycles. The zero-order chi connectivity index (χ0) is 12.9. The number of hydrogen-bond acceptors (Lipinski definition) is 4. The summed E-state index contributed by atoms with van der Waals surface area (Å²) in [4.78, 5) is 11.6. The van der Waals surface area contributed by atoms with Gasteiger partial charge < -0.3 is 11.1 Å². The van der Waals surface area contributed by atoms with Crippen molar-refractivity contribution in [2.75, 3.05) is 25.4 Å². The summed E-state index contributed by atoms with van der Waals surface area (Å²) in [6.07, 6.45) is 1.74. The van der Waals surface area contributed by atoms with E-state index in [-0.39, 0.29) is 11.7 Å². The Bertz CT molecular complexity index is 356. The molecule has 1 amide bonds. The number of unbranched alkanes of at least 4 members (excludes halogenated alkanes) is 1. The summed E-state index contributed by atoms with van der Waals surface area (Å²) < 4.78 is 25.5. The number of sulfonamides is 1. The van der Waals surface area contributed by atoms with Crippen molar-refractivity contribution >= 4 is 15.9 Å². The lowest BCUT2D eigenvalue weighted by Gasteiger charge is -2.33. The van der Waals surface area contributed by atoms with E-state index in [2.05, 4.69) is 5.32 Å². The summed E-state index contributed by atoms with van der Waals surface area (Å²) >= 11 is 0. The highest BCUT2D eigenvalue weighted by atomic mass is 32.2. The second-order valence-electron chi connectivity index (χ2n) is 4.14. The molecule has 1 rings (SSSR count). The highest BCUT2D eigenvalue weighted by Gasteiger charge is 2.35. The van der Waals surface area contributed by atoms with Crippen molar-refractivity contribution < 1.29 is 13.2 Å². The number of nitrogens with two attached hydrogens (primary N) is 1. The maximum absolute atomic E-state index is 12.1. The summed E-state index contributed by atoms with van der Waals surface area (Å²) in [6, 6.07) is -0.549. The number of piperazine rings is 1. The van der Waals surface area contributed by atoms with Gasteiger partial charge in [-0.25, -0.2) is 8.42 Å². The highest BCUT2D eigenvalue weighted by molar-refractivity contribution is 7.89. The van der Waals surface area contributed by atoms with Gasteiger partial charge >= 0.3 is 0 Å². The van der Waals surface area contributed by atoms with Gasteiger partial charge in [-0.15, -0.1) is 0 Å². The van der Waals surface area contributed by atoms with Crippen molar-refractivity contribution in [3.8, 4) is 0 Å². The van der Waals surface area contributed by atoms with E-state index in [0.717, 1.165) is 0 Å². The number of nitrogens with zero attached hydrogens (tertiary/aromatic N) is 1. The Kier molecular flexibility index (Phi) is 5.35. The third-order valence-electron chi connectivity index (χ3n) is 2.88. The van der Waals surface area contributed by atoms with E-state index in [1.807, 2.05) is 6.92 Å². The fourth-order valence-electron chi connectivity index (χ4n) is 1.96. The maximum Gasteiger partial charge on any atom is 0.238 e. The van der Waals surface area contributed by atoms with Crippen LogP contribution in [0.15, 0.2) is 0 Å². The Labute approximate surface area is 103 Å². The number of rotatable bonds is 6. The normalized spacial score (nSPS) is 22.5. The smallest absolute Gasteiger partial charge is 0.238 e. The van der Waals surface area contributed by atoms with Crippen molar-refractivity contribution in [2.24, 2.45) is 5.73 Å². The van der Waals surface area contributed by atoms with E-state index in [1.54, 1.807) is 0 Å². The van der Waals surface area contributed by atoms with Crippen LogP contribution in [0.2, 0.25) is 0 Å². The van der Waals surface area contributed by atoms with Crippen LogP contribution in [0.3, 0.4) is 0 Å². The summed E-state index contributed by atoms with van der Waals surface area (Å²) in [5.41, 5.74) is 5.34. The van der Waals surface area contributed by atoms with E-state index >= 15 is 0 Å². The van der Waals surface area contributed by atoms with Gasteiger partial charge in [-0.1, -0.05) is 6.92 Å². The molecule has 7 heteroatoms. The van der Waals surface area contributed by atoms with Gasteiger partial charge in [0.1, 0.15) is 6.04 Å². The van der Waals surface area contributed by atoms with Gasteiger partial charge in [-0.2, -0.15) is 4.31 Å². The molecule has 0 radical (unpaired) electrons. The molecular formula is C10H21N3O3S. The second kappa shape index (κ2) is 6.32. The van der Waals surface area contributed by atoms with Crippen molar-refractivity contribution in [3.63, 3.8) is 0 Å².